The zero-order valence-electron chi connectivity index (χ0n) is 19.9. The van der Waals surface area contributed by atoms with Gasteiger partial charge in [0.25, 0.3) is 0 Å². The van der Waals surface area contributed by atoms with E-state index in [1.54, 1.807) is 0 Å². The van der Waals surface area contributed by atoms with E-state index in [0.717, 1.165) is 37.9 Å². The number of fused-ring (bicyclic) bond motifs is 1. The molecular formula is C25H40N2O5. The molecule has 0 aromatic carbocycles. The molecule has 0 bridgehead atoms. The fourth-order valence-corrected chi connectivity index (χ4v) is 6.65. The van der Waals surface area contributed by atoms with E-state index < -0.39 is 5.60 Å². The second-order valence-electron chi connectivity index (χ2n) is 11.1. The summed E-state index contributed by atoms with van der Waals surface area (Å²) in [5.41, 5.74) is -0.602. The van der Waals surface area contributed by atoms with E-state index in [0.29, 0.717) is 50.9 Å². The van der Waals surface area contributed by atoms with Gasteiger partial charge in [-0.05, 0) is 67.9 Å². The number of aliphatic hydroxyl groups excluding tert-OH is 1. The Hall–Kier alpha value is -1.41. The zero-order valence-corrected chi connectivity index (χ0v) is 19.9. The van der Waals surface area contributed by atoms with Crippen LogP contribution >= 0.6 is 0 Å². The highest BCUT2D eigenvalue weighted by Crippen LogP contribution is 2.63. The summed E-state index contributed by atoms with van der Waals surface area (Å²) in [5.74, 6) is 1.96. The Morgan fingerprint density at radius 1 is 1.16 bits per heavy atom. The number of furan rings is 1. The fourth-order valence-electron chi connectivity index (χ4n) is 6.65. The van der Waals surface area contributed by atoms with Crippen LogP contribution in [0, 0.1) is 16.7 Å². The predicted octanol–water partition coefficient (Wildman–Crippen LogP) is 2.84. The van der Waals surface area contributed by atoms with Gasteiger partial charge in [0, 0.05) is 25.6 Å². The Bertz CT molecular complexity index is 798. The molecule has 7 heteroatoms. The van der Waals surface area contributed by atoms with Gasteiger partial charge in [-0.15, -0.1) is 0 Å². The van der Waals surface area contributed by atoms with Gasteiger partial charge in [-0.3, -0.25) is 4.79 Å². The molecule has 4 atom stereocenters. The quantitative estimate of drug-likeness (QED) is 0.594. The Morgan fingerprint density at radius 3 is 2.56 bits per heavy atom. The van der Waals surface area contributed by atoms with Crippen LogP contribution in [0.15, 0.2) is 16.5 Å². The van der Waals surface area contributed by atoms with Gasteiger partial charge in [0.2, 0.25) is 5.91 Å². The van der Waals surface area contributed by atoms with Crippen LogP contribution in [0.5, 0.6) is 0 Å². The van der Waals surface area contributed by atoms with Crippen LogP contribution < -0.4 is 5.32 Å². The van der Waals surface area contributed by atoms with Gasteiger partial charge in [-0.2, -0.15) is 0 Å². The number of aliphatic hydroxyl groups is 2. The highest BCUT2D eigenvalue weighted by atomic mass is 16.5. The number of ether oxygens (including phenoxy) is 1. The highest BCUT2D eigenvalue weighted by molar-refractivity contribution is 5.76. The van der Waals surface area contributed by atoms with Gasteiger partial charge in [-0.25, -0.2) is 0 Å². The van der Waals surface area contributed by atoms with Crippen LogP contribution in [0.2, 0.25) is 0 Å². The van der Waals surface area contributed by atoms with Crippen molar-refractivity contribution in [2.45, 2.75) is 84.1 Å². The van der Waals surface area contributed by atoms with Crippen molar-refractivity contribution in [3.63, 3.8) is 0 Å². The van der Waals surface area contributed by atoms with Gasteiger partial charge in [-0.1, -0.05) is 13.8 Å². The predicted molar refractivity (Wildman–Crippen MR) is 121 cm³/mol. The number of hydrogen-bond acceptors (Lipinski definition) is 6. The topological polar surface area (TPSA) is 95.2 Å². The van der Waals surface area contributed by atoms with E-state index >= 15 is 0 Å². The Kier molecular flexibility index (Phi) is 6.74. The number of rotatable bonds is 7. The summed E-state index contributed by atoms with van der Waals surface area (Å²) in [4.78, 5) is 14.9. The Morgan fingerprint density at radius 2 is 1.88 bits per heavy atom. The summed E-state index contributed by atoms with van der Waals surface area (Å²) in [6.07, 6.45) is 4.85. The second-order valence-corrected chi connectivity index (χ2v) is 11.1. The van der Waals surface area contributed by atoms with Crippen LogP contribution in [-0.2, 0) is 22.7 Å². The van der Waals surface area contributed by atoms with Crippen LogP contribution in [0.3, 0.4) is 0 Å². The third-order valence-corrected chi connectivity index (χ3v) is 8.40. The van der Waals surface area contributed by atoms with Gasteiger partial charge < -0.3 is 29.6 Å². The maximum absolute atomic E-state index is 13.0. The van der Waals surface area contributed by atoms with Crippen molar-refractivity contribution in [2.24, 2.45) is 16.7 Å². The monoisotopic (exact) mass is 448 g/mol. The first kappa shape index (κ1) is 23.7. The normalized spacial score (nSPS) is 34.5. The molecule has 3 aliphatic rings. The minimum atomic E-state index is -0.647. The molecule has 1 saturated heterocycles. The third-order valence-electron chi connectivity index (χ3n) is 8.40. The van der Waals surface area contributed by atoms with E-state index in [9.17, 15) is 15.0 Å². The zero-order chi connectivity index (χ0) is 23.0. The lowest BCUT2D eigenvalue weighted by Gasteiger charge is -2.51. The molecule has 3 N–H and O–H groups in total. The molecular weight excluding hydrogens is 408 g/mol. The molecule has 2 aliphatic carbocycles. The van der Waals surface area contributed by atoms with Gasteiger partial charge in [0.05, 0.1) is 25.4 Å². The standard InChI is InChI=1S/C25H40N2O5/c1-23(2)15-21(26-16-18-4-5-19(17-28)32-18)25(9-8-24(3,30)14-20(23)25)7-6-22(29)27-10-12-31-13-11-27/h4-5,20-21,26,28,30H,6-17H2,1-3H3. The second kappa shape index (κ2) is 9.09. The number of hydrogen-bond donors (Lipinski definition) is 3. The smallest absolute Gasteiger partial charge is 0.222 e. The van der Waals surface area contributed by atoms with Crippen molar-refractivity contribution in [1.29, 1.82) is 0 Å². The first-order valence-electron chi connectivity index (χ1n) is 12.1. The van der Waals surface area contributed by atoms with Crippen molar-refractivity contribution < 1.29 is 24.2 Å². The first-order valence-corrected chi connectivity index (χ1v) is 12.1. The Balaban J connectivity index is 1.52. The first-order chi connectivity index (χ1) is 15.2. The third kappa shape index (κ3) is 4.76. The number of carbonyl (C=O) groups is 1. The van der Waals surface area contributed by atoms with Crippen LogP contribution in [0.4, 0.5) is 0 Å². The summed E-state index contributed by atoms with van der Waals surface area (Å²) in [6.45, 7) is 9.71. The minimum absolute atomic E-state index is 0.0277. The number of nitrogens with one attached hydrogen (secondary N) is 1. The van der Waals surface area contributed by atoms with E-state index in [1.807, 2.05) is 24.0 Å². The summed E-state index contributed by atoms with van der Waals surface area (Å²) in [5, 5.41) is 24.0. The van der Waals surface area contributed by atoms with Crippen LogP contribution in [0.1, 0.15) is 70.8 Å². The number of carbonyl (C=O) groups excluding carboxylic acids is 1. The lowest BCUT2D eigenvalue weighted by molar-refractivity contribution is -0.137. The number of morpholine rings is 1. The number of nitrogens with zero attached hydrogens (tertiary/aromatic N) is 1. The average Bonchev–Trinajstić information content (AvgIpc) is 3.31. The molecule has 1 aliphatic heterocycles. The van der Waals surface area contributed by atoms with E-state index in [-0.39, 0.29) is 29.4 Å². The molecule has 0 spiro atoms. The van der Waals surface area contributed by atoms with Crippen molar-refractivity contribution in [3.8, 4) is 0 Å². The molecule has 32 heavy (non-hydrogen) atoms. The van der Waals surface area contributed by atoms with E-state index in [1.165, 1.54) is 0 Å². The molecule has 2 heterocycles. The Labute approximate surface area is 191 Å². The molecule has 1 amide bonds. The summed E-state index contributed by atoms with van der Waals surface area (Å²) in [6, 6.07) is 3.97. The fraction of sp³-hybridized carbons (Fsp3) is 0.800. The lowest BCUT2D eigenvalue weighted by Crippen LogP contribution is -2.51. The molecule has 180 valence electrons. The molecule has 2 saturated carbocycles. The van der Waals surface area contributed by atoms with Crippen LogP contribution in [0.25, 0.3) is 0 Å². The molecule has 4 unspecified atom stereocenters. The SMILES string of the molecule is CC1(O)CCC2(CCC(=O)N3CCOCC3)C(NCc3ccc(CO)o3)CC(C)(C)C2C1. The van der Waals surface area contributed by atoms with Gasteiger partial charge in [0.15, 0.2) is 0 Å². The van der Waals surface area contributed by atoms with Crippen molar-refractivity contribution in [3.05, 3.63) is 23.7 Å². The van der Waals surface area contributed by atoms with E-state index in [2.05, 4.69) is 19.2 Å². The molecule has 3 fully saturated rings. The summed E-state index contributed by atoms with van der Waals surface area (Å²) in [7, 11) is 0. The molecule has 1 aromatic rings. The van der Waals surface area contributed by atoms with Crippen molar-refractivity contribution in [1.82, 2.24) is 10.2 Å². The van der Waals surface area contributed by atoms with E-state index in [4.69, 9.17) is 9.15 Å². The largest absolute Gasteiger partial charge is 0.462 e. The lowest BCUT2D eigenvalue weighted by atomic mass is 9.57. The molecule has 4 rings (SSSR count). The molecule has 0 radical (unpaired) electrons. The van der Waals surface area contributed by atoms with Crippen molar-refractivity contribution in [2.75, 3.05) is 26.3 Å². The summed E-state index contributed by atoms with van der Waals surface area (Å²) < 4.78 is 11.1. The maximum atomic E-state index is 13.0. The average molecular weight is 449 g/mol. The van der Waals surface area contributed by atoms with Crippen LogP contribution in [-0.4, -0.2) is 59.0 Å². The molecule has 1 aromatic heterocycles. The maximum Gasteiger partial charge on any atom is 0.222 e. The highest BCUT2D eigenvalue weighted by Gasteiger charge is 2.61. The van der Waals surface area contributed by atoms with Gasteiger partial charge >= 0.3 is 0 Å². The minimum Gasteiger partial charge on any atom is -0.462 e. The molecule has 7 nitrogen and oxygen atoms in total. The summed E-state index contributed by atoms with van der Waals surface area (Å²) >= 11 is 0. The van der Waals surface area contributed by atoms with Gasteiger partial charge in [0.1, 0.15) is 18.1 Å². The number of amides is 1. The van der Waals surface area contributed by atoms with Crippen molar-refractivity contribution >= 4 is 5.91 Å².